The highest BCUT2D eigenvalue weighted by Crippen LogP contribution is 2.05. The maximum Gasteiger partial charge on any atom is 0.330 e. The van der Waals surface area contributed by atoms with Gasteiger partial charge in [-0.3, -0.25) is 9.78 Å². The lowest BCUT2D eigenvalue weighted by Gasteiger charge is -2.21. The van der Waals surface area contributed by atoms with Crippen LogP contribution in [0, 0.1) is 0 Å². The molecule has 0 unspecified atom stereocenters. The molecule has 1 rings (SSSR count). The average molecular weight is 248 g/mol. The largest absolute Gasteiger partial charge is 0.467 e. The molecule has 1 aromatic heterocycles. The van der Waals surface area contributed by atoms with Crippen molar-refractivity contribution in [2.24, 2.45) is 0 Å². The zero-order chi connectivity index (χ0) is 13.6. The first-order valence-electron chi connectivity index (χ1n) is 5.44. The zero-order valence-corrected chi connectivity index (χ0v) is 10.6. The minimum atomic E-state index is -1.05. The van der Waals surface area contributed by atoms with Crippen molar-refractivity contribution in [2.75, 3.05) is 7.11 Å². The van der Waals surface area contributed by atoms with Crippen LogP contribution < -0.4 is 5.32 Å². The Labute approximate surface area is 106 Å². The summed E-state index contributed by atoms with van der Waals surface area (Å²) in [4.78, 5) is 26.9. The predicted octanol–water partition coefficient (Wildman–Crippen LogP) is 1.16. The third-order valence-electron chi connectivity index (χ3n) is 2.24. The average Bonchev–Trinajstić information content (AvgIpc) is 2.36. The molecule has 5 nitrogen and oxygen atoms in total. The molecule has 1 amide bonds. The number of aromatic nitrogens is 1. The number of rotatable bonds is 4. The summed E-state index contributed by atoms with van der Waals surface area (Å²) >= 11 is 0. The highest BCUT2D eigenvalue weighted by molar-refractivity contribution is 5.95. The van der Waals surface area contributed by atoms with Gasteiger partial charge in [0.1, 0.15) is 5.54 Å². The Morgan fingerprint density at radius 1 is 1.44 bits per heavy atom. The van der Waals surface area contributed by atoms with E-state index in [9.17, 15) is 9.59 Å². The second-order valence-corrected chi connectivity index (χ2v) is 4.23. The van der Waals surface area contributed by atoms with E-state index in [0.29, 0.717) is 0 Å². The van der Waals surface area contributed by atoms with E-state index < -0.39 is 11.5 Å². The van der Waals surface area contributed by atoms with Crippen molar-refractivity contribution < 1.29 is 14.3 Å². The molecule has 0 saturated heterocycles. The van der Waals surface area contributed by atoms with Crippen molar-refractivity contribution in [3.63, 3.8) is 0 Å². The maximum absolute atomic E-state index is 11.6. The van der Waals surface area contributed by atoms with E-state index in [1.54, 1.807) is 38.4 Å². The van der Waals surface area contributed by atoms with Gasteiger partial charge in [0, 0.05) is 18.5 Å². The van der Waals surface area contributed by atoms with Crippen LogP contribution in [0.5, 0.6) is 0 Å². The Balaban J connectivity index is 2.62. The molecule has 0 aromatic carbocycles. The summed E-state index contributed by atoms with van der Waals surface area (Å²) in [6.45, 7) is 3.16. The minimum absolute atomic E-state index is 0.366. The van der Waals surface area contributed by atoms with Crippen molar-refractivity contribution in [1.82, 2.24) is 10.3 Å². The van der Waals surface area contributed by atoms with Gasteiger partial charge in [-0.05, 0) is 31.6 Å². The van der Waals surface area contributed by atoms with Gasteiger partial charge in [0.25, 0.3) is 0 Å². The summed E-state index contributed by atoms with van der Waals surface area (Å²) in [5, 5.41) is 2.56. The van der Waals surface area contributed by atoms with Crippen molar-refractivity contribution >= 4 is 18.0 Å². The number of amides is 1. The molecule has 0 atom stereocenters. The monoisotopic (exact) mass is 248 g/mol. The van der Waals surface area contributed by atoms with E-state index in [1.807, 2.05) is 6.07 Å². The molecular weight excluding hydrogens is 232 g/mol. The fraction of sp³-hybridized carbons (Fsp3) is 0.308. The smallest absolute Gasteiger partial charge is 0.330 e. The number of methoxy groups -OCH3 is 1. The molecule has 0 spiro atoms. The predicted molar refractivity (Wildman–Crippen MR) is 67.5 cm³/mol. The van der Waals surface area contributed by atoms with Crippen LogP contribution in [0.25, 0.3) is 6.08 Å². The van der Waals surface area contributed by atoms with E-state index in [4.69, 9.17) is 0 Å². The van der Waals surface area contributed by atoms with Gasteiger partial charge in [-0.1, -0.05) is 6.07 Å². The first kappa shape index (κ1) is 13.9. The van der Waals surface area contributed by atoms with Crippen molar-refractivity contribution in [3.05, 3.63) is 36.2 Å². The first-order chi connectivity index (χ1) is 8.45. The Morgan fingerprint density at radius 3 is 2.72 bits per heavy atom. The molecule has 0 aliphatic rings. The standard InChI is InChI=1S/C13H16N2O3/c1-13(2,12(17)18-3)15-11(16)7-6-10-5-4-8-14-9-10/h4-9H,1-3H3,(H,15,16). The molecule has 0 aliphatic carbocycles. The second-order valence-electron chi connectivity index (χ2n) is 4.23. The number of ether oxygens (including phenoxy) is 1. The molecule has 0 fully saturated rings. The lowest BCUT2D eigenvalue weighted by molar-refractivity contribution is -0.148. The van der Waals surface area contributed by atoms with Crippen LogP contribution >= 0.6 is 0 Å². The quantitative estimate of drug-likeness (QED) is 0.641. The number of carbonyl (C=O) groups excluding carboxylic acids is 2. The maximum atomic E-state index is 11.6. The molecule has 1 heterocycles. The number of hydrogen-bond donors (Lipinski definition) is 1. The molecule has 5 heteroatoms. The van der Waals surface area contributed by atoms with Gasteiger partial charge in [-0.15, -0.1) is 0 Å². The fourth-order valence-electron chi connectivity index (χ4n) is 1.30. The van der Waals surface area contributed by atoms with Gasteiger partial charge in [0.2, 0.25) is 5.91 Å². The van der Waals surface area contributed by atoms with Crippen molar-refractivity contribution in [1.29, 1.82) is 0 Å². The summed E-state index contributed by atoms with van der Waals surface area (Å²) in [6, 6.07) is 3.60. The normalized spacial score (nSPS) is 11.3. The summed E-state index contributed by atoms with van der Waals surface area (Å²) in [5.74, 6) is -0.861. The fourth-order valence-corrected chi connectivity index (χ4v) is 1.30. The number of pyridine rings is 1. The van der Waals surface area contributed by atoms with Crippen LogP contribution in [-0.2, 0) is 14.3 Å². The molecule has 0 aliphatic heterocycles. The molecule has 0 radical (unpaired) electrons. The van der Waals surface area contributed by atoms with Gasteiger partial charge >= 0.3 is 5.97 Å². The lowest BCUT2D eigenvalue weighted by atomic mass is 10.1. The van der Waals surface area contributed by atoms with E-state index in [-0.39, 0.29) is 5.91 Å². The number of nitrogens with one attached hydrogen (secondary N) is 1. The third kappa shape index (κ3) is 4.01. The van der Waals surface area contributed by atoms with Gasteiger partial charge in [0.05, 0.1) is 7.11 Å². The molecule has 0 bridgehead atoms. The summed E-state index contributed by atoms with van der Waals surface area (Å²) in [6.07, 6.45) is 6.25. The molecule has 1 aromatic rings. The van der Waals surface area contributed by atoms with Gasteiger partial charge in [-0.2, -0.15) is 0 Å². The minimum Gasteiger partial charge on any atom is -0.467 e. The Morgan fingerprint density at radius 2 is 2.17 bits per heavy atom. The summed E-state index contributed by atoms with van der Waals surface area (Å²) in [7, 11) is 1.28. The Kier molecular flexibility index (Phi) is 4.59. The summed E-state index contributed by atoms with van der Waals surface area (Å²) in [5.41, 5.74) is -0.242. The molecule has 96 valence electrons. The Bertz CT molecular complexity index is 453. The number of hydrogen-bond acceptors (Lipinski definition) is 4. The SMILES string of the molecule is COC(=O)C(C)(C)NC(=O)C=Cc1cccnc1. The highest BCUT2D eigenvalue weighted by atomic mass is 16.5. The molecule has 1 N–H and O–H groups in total. The molecule has 18 heavy (non-hydrogen) atoms. The van der Waals surface area contributed by atoms with Crippen LogP contribution in [0.2, 0.25) is 0 Å². The zero-order valence-electron chi connectivity index (χ0n) is 10.6. The van der Waals surface area contributed by atoms with E-state index in [0.717, 1.165) is 5.56 Å². The Hall–Kier alpha value is -2.17. The number of carbonyl (C=O) groups is 2. The van der Waals surface area contributed by atoms with Gasteiger partial charge < -0.3 is 10.1 Å². The van der Waals surface area contributed by atoms with Gasteiger partial charge in [-0.25, -0.2) is 4.79 Å². The first-order valence-corrected chi connectivity index (χ1v) is 5.44. The second kappa shape index (κ2) is 5.95. The lowest BCUT2D eigenvalue weighted by Crippen LogP contribution is -2.49. The molecule has 0 saturated carbocycles. The summed E-state index contributed by atoms with van der Waals surface area (Å²) < 4.78 is 4.59. The van der Waals surface area contributed by atoms with Crippen LogP contribution in [0.4, 0.5) is 0 Å². The van der Waals surface area contributed by atoms with E-state index in [2.05, 4.69) is 15.0 Å². The van der Waals surface area contributed by atoms with Crippen molar-refractivity contribution in [2.45, 2.75) is 19.4 Å². The van der Waals surface area contributed by atoms with Gasteiger partial charge in [0.15, 0.2) is 0 Å². The van der Waals surface area contributed by atoms with Crippen LogP contribution in [0.3, 0.4) is 0 Å². The van der Waals surface area contributed by atoms with Crippen molar-refractivity contribution in [3.8, 4) is 0 Å². The van der Waals surface area contributed by atoms with Crippen LogP contribution in [0.15, 0.2) is 30.6 Å². The number of esters is 1. The topological polar surface area (TPSA) is 68.3 Å². The van der Waals surface area contributed by atoms with Crippen LogP contribution in [0.1, 0.15) is 19.4 Å². The molecular formula is C13H16N2O3. The van der Waals surface area contributed by atoms with E-state index in [1.165, 1.54) is 13.2 Å². The number of nitrogens with zero attached hydrogens (tertiary/aromatic N) is 1. The van der Waals surface area contributed by atoms with Crippen LogP contribution in [-0.4, -0.2) is 29.5 Å². The van der Waals surface area contributed by atoms with E-state index >= 15 is 0 Å². The third-order valence-corrected chi connectivity index (χ3v) is 2.24. The highest BCUT2D eigenvalue weighted by Gasteiger charge is 2.29.